The van der Waals surface area contributed by atoms with Crippen LogP contribution in [-0.2, 0) is 0 Å². The number of phenolic OH excluding ortho intramolecular Hbond substituents is 1. The number of aromatic hydroxyl groups is 1. The first-order valence-electron chi connectivity index (χ1n) is 8.69. The van der Waals surface area contributed by atoms with E-state index in [1.807, 2.05) is 18.2 Å². The summed E-state index contributed by atoms with van der Waals surface area (Å²) in [6.07, 6.45) is 0. The second kappa shape index (κ2) is 5.78. The molecule has 0 bridgehead atoms. The molecule has 5 aromatic rings. The van der Waals surface area contributed by atoms with Crippen LogP contribution < -0.4 is 0 Å². The Hall–Kier alpha value is -3.52. The molecule has 4 aromatic carbocycles. The summed E-state index contributed by atoms with van der Waals surface area (Å²) in [6, 6.07) is 32.8. The predicted octanol–water partition coefficient (Wildman–Crippen LogP) is 6.16. The van der Waals surface area contributed by atoms with Crippen LogP contribution in [0.3, 0.4) is 0 Å². The number of phenols is 1. The maximum absolute atomic E-state index is 9.83. The van der Waals surface area contributed by atoms with Gasteiger partial charge in [0.25, 0.3) is 0 Å². The minimum atomic E-state index is 0.284. The first-order valence-corrected chi connectivity index (χ1v) is 8.69. The predicted molar refractivity (Wildman–Crippen MR) is 108 cm³/mol. The zero-order valence-electron chi connectivity index (χ0n) is 14.1. The fraction of sp³-hybridized carbons (Fsp3) is 0. The average Bonchev–Trinajstić information content (AvgIpc) is 3.02. The summed E-state index contributed by atoms with van der Waals surface area (Å²) in [5.41, 5.74) is 5.61. The SMILES string of the molecule is Oc1cccc(-c2ccc3c4ccccc4n(-c4ccccc4)c3c2)c1. The highest BCUT2D eigenvalue weighted by Crippen LogP contribution is 2.35. The molecule has 1 heterocycles. The summed E-state index contributed by atoms with van der Waals surface area (Å²) in [5.74, 6) is 0.284. The lowest BCUT2D eigenvalue weighted by atomic mass is 10.0. The van der Waals surface area contributed by atoms with Crippen molar-refractivity contribution in [2.24, 2.45) is 0 Å². The lowest BCUT2D eigenvalue weighted by Crippen LogP contribution is -1.93. The molecular weight excluding hydrogens is 318 g/mol. The van der Waals surface area contributed by atoms with Crippen LogP contribution in [0.15, 0.2) is 97.1 Å². The zero-order chi connectivity index (χ0) is 17.5. The Labute approximate surface area is 151 Å². The van der Waals surface area contributed by atoms with Crippen molar-refractivity contribution >= 4 is 21.8 Å². The van der Waals surface area contributed by atoms with Crippen LogP contribution in [0.5, 0.6) is 5.75 Å². The van der Waals surface area contributed by atoms with E-state index >= 15 is 0 Å². The first kappa shape index (κ1) is 14.8. The maximum Gasteiger partial charge on any atom is 0.116 e. The zero-order valence-corrected chi connectivity index (χ0v) is 14.1. The summed E-state index contributed by atoms with van der Waals surface area (Å²) in [5, 5.41) is 12.3. The number of hydrogen-bond donors (Lipinski definition) is 1. The van der Waals surface area contributed by atoms with Gasteiger partial charge in [0, 0.05) is 16.5 Å². The van der Waals surface area contributed by atoms with E-state index < -0.39 is 0 Å². The molecule has 1 N–H and O–H groups in total. The second-order valence-electron chi connectivity index (χ2n) is 6.47. The lowest BCUT2D eigenvalue weighted by Gasteiger charge is -2.09. The van der Waals surface area contributed by atoms with Crippen molar-refractivity contribution in [2.75, 3.05) is 0 Å². The molecule has 1 aromatic heterocycles. The number of nitrogens with zero attached hydrogens (tertiary/aromatic N) is 1. The Balaban J connectivity index is 1.86. The topological polar surface area (TPSA) is 25.2 Å². The highest BCUT2D eigenvalue weighted by molar-refractivity contribution is 6.10. The number of hydrogen-bond acceptors (Lipinski definition) is 1. The fourth-order valence-electron chi connectivity index (χ4n) is 3.69. The molecule has 5 rings (SSSR count). The van der Waals surface area contributed by atoms with Crippen LogP contribution in [0.4, 0.5) is 0 Å². The van der Waals surface area contributed by atoms with Gasteiger partial charge >= 0.3 is 0 Å². The van der Waals surface area contributed by atoms with Gasteiger partial charge < -0.3 is 9.67 Å². The van der Waals surface area contributed by atoms with Crippen LogP contribution in [0.2, 0.25) is 0 Å². The van der Waals surface area contributed by atoms with Crippen molar-refractivity contribution in [3.05, 3.63) is 97.1 Å². The molecule has 2 heteroatoms. The Morgan fingerprint density at radius 2 is 1.27 bits per heavy atom. The third kappa shape index (κ3) is 2.27. The number of aromatic nitrogens is 1. The molecule has 0 amide bonds. The van der Waals surface area contributed by atoms with Gasteiger partial charge in [-0.15, -0.1) is 0 Å². The summed E-state index contributed by atoms with van der Waals surface area (Å²) in [7, 11) is 0. The van der Waals surface area contributed by atoms with Gasteiger partial charge in [-0.1, -0.05) is 60.7 Å². The number of para-hydroxylation sites is 2. The molecule has 0 spiro atoms. The van der Waals surface area contributed by atoms with Crippen LogP contribution in [0, 0.1) is 0 Å². The summed E-state index contributed by atoms with van der Waals surface area (Å²) in [6.45, 7) is 0. The highest BCUT2D eigenvalue weighted by atomic mass is 16.3. The van der Waals surface area contributed by atoms with Gasteiger partial charge in [-0.05, 0) is 47.5 Å². The van der Waals surface area contributed by atoms with Crippen LogP contribution in [0.1, 0.15) is 0 Å². The molecule has 0 saturated heterocycles. The first-order chi connectivity index (χ1) is 12.8. The van der Waals surface area contributed by atoms with Gasteiger partial charge in [0.2, 0.25) is 0 Å². The molecule has 0 aliphatic rings. The largest absolute Gasteiger partial charge is 0.508 e. The van der Waals surface area contributed by atoms with E-state index in [-0.39, 0.29) is 5.75 Å². The van der Waals surface area contributed by atoms with Crippen molar-refractivity contribution in [2.45, 2.75) is 0 Å². The Morgan fingerprint density at radius 3 is 2.12 bits per heavy atom. The van der Waals surface area contributed by atoms with E-state index in [0.29, 0.717) is 0 Å². The smallest absolute Gasteiger partial charge is 0.116 e. The molecule has 0 saturated carbocycles. The van der Waals surface area contributed by atoms with Gasteiger partial charge in [0.15, 0.2) is 0 Å². The van der Waals surface area contributed by atoms with E-state index in [2.05, 4.69) is 71.3 Å². The molecule has 0 aliphatic carbocycles. The van der Waals surface area contributed by atoms with Crippen LogP contribution >= 0.6 is 0 Å². The molecule has 0 radical (unpaired) electrons. The number of fused-ring (bicyclic) bond motifs is 3. The fourth-order valence-corrected chi connectivity index (χ4v) is 3.69. The van der Waals surface area contributed by atoms with Crippen molar-refractivity contribution in [3.63, 3.8) is 0 Å². The quantitative estimate of drug-likeness (QED) is 0.411. The highest BCUT2D eigenvalue weighted by Gasteiger charge is 2.12. The number of benzene rings is 4. The third-order valence-electron chi connectivity index (χ3n) is 4.87. The minimum Gasteiger partial charge on any atom is -0.508 e. The Morgan fingerprint density at radius 1 is 0.538 bits per heavy atom. The van der Waals surface area contributed by atoms with Crippen LogP contribution in [0.25, 0.3) is 38.6 Å². The molecule has 0 unspecified atom stereocenters. The number of rotatable bonds is 2. The van der Waals surface area contributed by atoms with Crippen molar-refractivity contribution in [1.29, 1.82) is 0 Å². The van der Waals surface area contributed by atoms with Gasteiger partial charge in [0.05, 0.1) is 11.0 Å². The molecule has 0 fully saturated rings. The van der Waals surface area contributed by atoms with Gasteiger partial charge in [-0.25, -0.2) is 0 Å². The standard InChI is InChI=1S/C24H17NO/c26-20-10-6-7-17(15-20)18-13-14-22-21-11-4-5-12-23(21)25(24(22)16-18)19-8-2-1-3-9-19/h1-16,26H. The molecule has 0 atom stereocenters. The molecule has 0 aliphatic heterocycles. The van der Waals surface area contributed by atoms with Gasteiger partial charge in [-0.2, -0.15) is 0 Å². The molecular formula is C24H17NO. The molecule has 124 valence electrons. The van der Waals surface area contributed by atoms with E-state index in [1.54, 1.807) is 12.1 Å². The van der Waals surface area contributed by atoms with E-state index in [4.69, 9.17) is 0 Å². The van der Waals surface area contributed by atoms with Gasteiger partial charge in [-0.3, -0.25) is 0 Å². The Kier molecular flexibility index (Phi) is 3.29. The van der Waals surface area contributed by atoms with Crippen molar-refractivity contribution in [3.8, 4) is 22.6 Å². The van der Waals surface area contributed by atoms with Crippen LogP contribution in [-0.4, -0.2) is 9.67 Å². The normalized spacial score (nSPS) is 11.2. The lowest BCUT2D eigenvalue weighted by molar-refractivity contribution is 0.475. The van der Waals surface area contributed by atoms with E-state index in [9.17, 15) is 5.11 Å². The second-order valence-corrected chi connectivity index (χ2v) is 6.47. The maximum atomic E-state index is 9.83. The summed E-state index contributed by atoms with van der Waals surface area (Å²) < 4.78 is 2.30. The summed E-state index contributed by atoms with van der Waals surface area (Å²) >= 11 is 0. The van der Waals surface area contributed by atoms with Crippen molar-refractivity contribution < 1.29 is 5.11 Å². The third-order valence-corrected chi connectivity index (χ3v) is 4.87. The van der Waals surface area contributed by atoms with E-state index in [1.165, 1.54) is 21.8 Å². The average molecular weight is 335 g/mol. The molecule has 2 nitrogen and oxygen atoms in total. The Bertz CT molecular complexity index is 1240. The summed E-state index contributed by atoms with van der Waals surface area (Å²) in [4.78, 5) is 0. The van der Waals surface area contributed by atoms with Gasteiger partial charge in [0.1, 0.15) is 5.75 Å². The monoisotopic (exact) mass is 335 g/mol. The van der Waals surface area contributed by atoms with E-state index in [0.717, 1.165) is 16.8 Å². The molecule has 26 heavy (non-hydrogen) atoms. The van der Waals surface area contributed by atoms with Crippen molar-refractivity contribution in [1.82, 2.24) is 4.57 Å². The minimum absolute atomic E-state index is 0.284.